The van der Waals surface area contributed by atoms with Gasteiger partial charge in [-0.2, -0.15) is 11.8 Å². The minimum Gasteiger partial charge on any atom is -0.464 e. The van der Waals surface area contributed by atoms with Crippen LogP contribution in [0.15, 0.2) is 0 Å². The summed E-state index contributed by atoms with van der Waals surface area (Å²) in [4.78, 5) is 22.6. The van der Waals surface area contributed by atoms with Crippen LogP contribution in [0.5, 0.6) is 0 Å². The molecule has 0 fully saturated rings. The first-order valence-electron chi connectivity index (χ1n) is 5.10. The fraction of sp³-hybridized carbons (Fsp3) is 0.800. The Kier molecular flexibility index (Phi) is 8.18. The number of nitrogens with one attached hydrogen (secondary N) is 1. The van der Waals surface area contributed by atoms with Crippen molar-refractivity contribution in [1.82, 2.24) is 5.32 Å². The molecule has 0 saturated heterocycles. The minimum atomic E-state index is -0.496. The van der Waals surface area contributed by atoms with Gasteiger partial charge in [-0.1, -0.05) is 6.92 Å². The largest absolute Gasteiger partial charge is 0.464 e. The number of amides is 1. The molecule has 4 nitrogen and oxygen atoms in total. The van der Waals surface area contributed by atoms with E-state index in [-0.39, 0.29) is 11.9 Å². The zero-order chi connectivity index (χ0) is 11.7. The van der Waals surface area contributed by atoms with Crippen molar-refractivity contribution < 1.29 is 14.3 Å². The Morgan fingerprint density at radius 1 is 1.40 bits per heavy atom. The fourth-order valence-electron chi connectivity index (χ4n) is 1.02. The van der Waals surface area contributed by atoms with E-state index < -0.39 is 6.04 Å². The molecule has 15 heavy (non-hydrogen) atoms. The van der Waals surface area contributed by atoms with Crippen LogP contribution in [0.2, 0.25) is 0 Å². The second kappa shape index (κ2) is 8.59. The molecule has 1 atom stereocenters. The Morgan fingerprint density at radius 3 is 2.53 bits per heavy atom. The number of carbonyl (C=O) groups is 2. The lowest BCUT2D eigenvalue weighted by Gasteiger charge is -2.16. The Balaban J connectivity index is 4.16. The molecule has 0 spiro atoms. The number of ether oxygens (including phenoxy) is 1. The topological polar surface area (TPSA) is 55.4 Å². The van der Waals surface area contributed by atoms with E-state index in [1.807, 2.05) is 6.26 Å². The van der Waals surface area contributed by atoms with Crippen molar-refractivity contribution >= 4 is 23.6 Å². The van der Waals surface area contributed by atoms with Gasteiger partial charge in [0.25, 0.3) is 0 Å². The fourth-order valence-corrected chi connectivity index (χ4v) is 1.50. The first kappa shape index (κ1) is 14.3. The molecule has 0 saturated carbocycles. The predicted octanol–water partition coefficient (Wildman–Crippen LogP) is 1.20. The minimum absolute atomic E-state index is 0.117. The summed E-state index contributed by atoms with van der Waals surface area (Å²) >= 11 is 1.64. The summed E-state index contributed by atoms with van der Waals surface area (Å²) in [6.45, 7) is 3.86. The highest BCUT2D eigenvalue weighted by atomic mass is 32.2. The van der Waals surface area contributed by atoms with E-state index in [1.54, 1.807) is 25.6 Å². The van der Waals surface area contributed by atoms with Crippen LogP contribution in [0.25, 0.3) is 0 Å². The molecule has 0 aromatic heterocycles. The van der Waals surface area contributed by atoms with Crippen LogP contribution >= 0.6 is 11.8 Å². The number of esters is 1. The lowest BCUT2D eigenvalue weighted by atomic mass is 10.2. The molecule has 1 amide bonds. The van der Waals surface area contributed by atoms with Crippen molar-refractivity contribution in [2.24, 2.45) is 0 Å². The molecular weight excluding hydrogens is 214 g/mol. The molecule has 0 aromatic carbocycles. The standard InChI is InChI=1S/C10H19NO3S/c1-4-9(12)11-8(6-7-15-3)10(13)14-5-2/h8H,4-7H2,1-3H3,(H,11,12). The Hall–Kier alpha value is -0.710. The number of carbonyl (C=O) groups excluding carboxylic acids is 2. The van der Waals surface area contributed by atoms with E-state index in [2.05, 4.69) is 5.32 Å². The summed E-state index contributed by atoms with van der Waals surface area (Å²) in [5, 5.41) is 2.66. The normalized spacial score (nSPS) is 11.9. The Morgan fingerprint density at radius 2 is 2.07 bits per heavy atom. The second-order valence-electron chi connectivity index (χ2n) is 3.01. The summed E-state index contributed by atoms with van der Waals surface area (Å²) in [6, 6.07) is -0.496. The molecule has 0 aliphatic heterocycles. The van der Waals surface area contributed by atoms with Crippen LogP contribution in [0, 0.1) is 0 Å². The average molecular weight is 233 g/mol. The van der Waals surface area contributed by atoms with Crippen molar-refractivity contribution in [3.63, 3.8) is 0 Å². The maximum atomic E-state index is 11.5. The smallest absolute Gasteiger partial charge is 0.328 e. The van der Waals surface area contributed by atoms with E-state index >= 15 is 0 Å². The van der Waals surface area contributed by atoms with E-state index in [4.69, 9.17) is 4.74 Å². The zero-order valence-corrected chi connectivity index (χ0v) is 10.4. The van der Waals surface area contributed by atoms with Crippen LogP contribution in [0.3, 0.4) is 0 Å². The molecule has 0 aromatic rings. The number of hydrogen-bond acceptors (Lipinski definition) is 4. The van der Waals surface area contributed by atoms with Gasteiger partial charge in [-0.25, -0.2) is 4.79 Å². The van der Waals surface area contributed by atoms with Crippen molar-refractivity contribution in [2.45, 2.75) is 32.7 Å². The molecule has 0 heterocycles. The van der Waals surface area contributed by atoms with E-state index in [0.717, 1.165) is 5.75 Å². The number of rotatable bonds is 7. The maximum Gasteiger partial charge on any atom is 0.328 e. The SMILES string of the molecule is CCOC(=O)C(CCSC)NC(=O)CC. The molecule has 1 N–H and O–H groups in total. The molecule has 0 radical (unpaired) electrons. The van der Waals surface area contributed by atoms with Crippen molar-refractivity contribution in [1.29, 1.82) is 0 Å². The summed E-state index contributed by atoms with van der Waals surface area (Å²) in [5.74, 6) is 0.371. The average Bonchev–Trinajstić information content (AvgIpc) is 2.24. The van der Waals surface area contributed by atoms with Gasteiger partial charge in [-0.3, -0.25) is 4.79 Å². The van der Waals surface area contributed by atoms with Crippen LogP contribution in [0.1, 0.15) is 26.7 Å². The molecule has 0 rings (SSSR count). The van der Waals surface area contributed by atoms with Gasteiger partial charge in [-0.15, -0.1) is 0 Å². The molecular formula is C10H19NO3S. The Bertz CT molecular complexity index is 209. The summed E-state index contributed by atoms with van der Waals surface area (Å²) in [6.07, 6.45) is 2.96. The van der Waals surface area contributed by atoms with E-state index in [9.17, 15) is 9.59 Å². The maximum absolute atomic E-state index is 11.5. The van der Waals surface area contributed by atoms with Gasteiger partial charge < -0.3 is 10.1 Å². The van der Waals surface area contributed by atoms with Crippen LogP contribution < -0.4 is 5.32 Å². The summed E-state index contributed by atoms with van der Waals surface area (Å²) in [5.41, 5.74) is 0. The predicted molar refractivity (Wildman–Crippen MR) is 61.9 cm³/mol. The molecule has 0 aliphatic rings. The lowest BCUT2D eigenvalue weighted by Crippen LogP contribution is -2.42. The van der Waals surface area contributed by atoms with E-state index in [0.29, 0.717) is 19.4 Å². The second-order valence-corrected chi connectivity index (χ2v) is 3.99. The molecule has 5 heteroatoms. The zero-order valence-electron chi connectivity index (χ0n) is 9.54. The lowest BCUT2D eigenvalue weighted by molar-refractivity contribution is -0.147. The molecule has 0 aliphatic carbocycles. The van der Waals surface area contributed by atoms with Gasteiger partial charge in [0.05, 0.1) is 6.61 Å². The van der Waals surface area contributed by atoms with Gasteiger partial charge in [0.1, 0.15) is 6.04 Å². The van der Waals surface area contributed by atoms with Gasteiger partial charge in [0.15, 0.2) is 0 Å². The third-order valence-electron chi connectivity index (χ3n) is 1.84. The van der Waals surface area contributed by atoms with Crippen LogP contribution in [-0.4, -0.2) is 36.5 Å². The van der Waals surface area contributed by atoms with Crippen LogP contribution in [-0.2, 0) is 14.3 Å². The van der Waals surface area contributed by atoms with Gasteiger partial charge in [0, 0.05) is 6.42 Å². The monoisotopic (exact) mass is 233 g/mol. The van der Waals surface area contributed by atoms with Crippen LogP contribution in [0.4, 0.5) is 0 Å². The van der Waals surface area contributed by atoms with Gasteiger partial charge in [-0.05, 0) is 25.4 Å². The molecule has 1 unspecified atom stereocenters. The molecule has 88 valence electrons. The highest BCUT2D eigenvalue weighted by Crippen LogP contribution is 2.03. The third-order valence-corrected chi connectivity index (χ3v) is 2.48. The van der Waals surface area contributed by atoms with Crippen molar-refractivity contribution in [3.8, 4) is 0 Å². The number of hydrogen-bond donors (Lipinski definition) is 1. The quantitative estimate of drug-likeness (QED) is 0.671. The summed E-state index contributed by atoms with van der Waals surface area (Å²) in [7, 11) is 0. The van der Waals surface area contributed by atoms with Crippen molar-refractivity contribution in [2.75, 3.05) is 18.6 Å². The Labute approximate surface area is 95.1 Å². The summed E-state index contributed by atoms with van der Waals surface area (Å²) < 4.78 is 4.88. The first-order valence-corrected chi connectivity index (χ1v) is 6.50. The van der Waals surface area contributed by atoms with Crippen molar-refractivity contribution in [3.05, 3.63) is 0 Å². The highest BCUT2D eigenvalue weighted by molar-refractivity contribution is 7.98. The van der Waals surface area contributed by atoms with Gasteiger partial charge in [0.2, 0.25) is 5.91 Å². The third kappa shape index (κ3) is 6.38. The first-order chi connectivity index (χ1) is 7.15. The van der Waals surface area contributed by atoms with Gasteiger partial charge >= 0.3 is 5.97 Å². The van der Waals surface area contributed by atoms with E-state index in [1.165, 1.54) is 0 Å². The highest BCUT2D eigenvalue weighted by Gasteiger charge is 2.20. The molecule has 0 bridgehead atoms. The number of thioether (sulfide) groups is 1.